The molecule has 0 unspecified atom stereocenters. The summed E-state index contributed by atoms with van der Waals surface area (Å²) in [4.78, 5) is 10.8. The van der Waals surface area contributed by atoms with Gasteiger partial charge in [0.05, 0.1) is 5.52 Å². The second-order valence-electron chi connectivity index (χ2n) is 2.23. The van der Waals surface area contributed by atoms with Crippen LogP contribution in [0.3, 0.4) is 0 Å². The third-order valence-electron chi connectivity index (χ3n) is 1.48. The zero-order chi connectivity index (χ0) is 7.84. The maximum Gasteiger partial charge on any atom is 0.265 e. The summed E-state index contributed by atoms with van der Waals surface area (Å²) in [5.74, 6) is 0. The first-order chi connectivity index (χ1) is 5.27. The Kier molecular flexibility index (Phi) is 1.35. The maximum atomic E-state index is 10.8. The Labute approximate surface area is 70.8 Å². The van der Waals surface area contributed by atoms with E-state index in [-0.39, 0.29) is 5.56 Å². The van der Waals surface area contributed by atoms with Crippen LogP contribution in [0.5, 0.6) is 0 Å². The Morgan fingerprint density at radius 3 is 3.09 bits per heavy atom. The van der Waals surface area contributed by atoms with Crippen molar-refractivity contribution in [2.75, 3.05) is 0 Å². The van der Waals surface area contributed by atoms with E-state index in [4.69, 9.17) is 0 Å². The average molecular weight is 213 g/mol. The molecule has 4 heteroatoms. The van der Waals surface area contributed by atoms with E-state index in [0.29, 0.717) is 0 Å². The van der Waals surface area contributed by atoms with Gasteiger partial charge >= 0.3 is 0 Å². The average Bonchev–Trinajstić information content (AvgIpc) is 2.31. The molecule has 0 atom stereocenters. The van der Waals surface area contributed by atoms with Crippen LogP contribution in [0.25, 0.3) is 5.52 Å². The SMILES string of the molecule is O=c1cc2c(Br)cccn2[nH]1. The summed E-state index contributed by atoms with van der Waals surface area (Å²) in [6, 6.07) is 5.29. The second kappa shape index (κ2) is 2.23. The standard InChI is InChI=1S/C7H5BrN2O/c8-5-2-1-3-10-6(5)4-7(11)9-10/h1-4H,(H,9,11). The molecular formula is C7H5BrN2O. The predicted molar refractivity (Wildman–Crippen MR) is 45.7 cm³/mol. The van der Waals surface area contributed by atoms with Gasteiger partial charge in [-0.3, -0.25) is 14.4 Å². The second-order valence-corrected chi connectivity index (χ2v) is 3.09. The lowest BCUT2D eigenvalue weighted by molar-refractivity contribution is 0.936. The van der Waals surface area contributed by atoms with Gasteiger partial charge in [0.25, 0.3) is 5.56 Å². The molecule has 0 saturated heterocycles. The summed E-state index contributed by atoms with van der Waals surface area (Å²) in [5.41, 5.74) is 0.773. The molecule has 2 heterocycles. The Morgan fingerprint density at radius 2 is 2.36 bits per heavy atom. The third kappa shape index (κ3) is 0.991. The number of hydrogen-bond acceptors (Lipinski definition) is 1. The van der Waals surface area contributed by atoms with Crippen molar-refractivity contribution in [1.29, 1.82) is 0 Å². The monoisotopic (exact) mass is 212 g/mol. The number of aromatic amines is 1. The summed E-state index contributed by atoms with van der Waals surface area (Å²) in [5, 5.41) is 2.63. The van der Waals surface area contributed by atoms with Gasteiger partial charge in [-0.25, -0.2) is 0 Å². The summed E-state index contributed by atoms with van der Waals surface area (Å²) in [7, 11) is 0. The van der Waals surface area contributed by atoms with Crippen molar-refractivity contribution >= 4 is 21.4 Å². The highest BCUT2D eigenvalue weighted by atomic mass is 79.9. The molecule has 56 valence electrons. The fourth-order valence-electron chi connectivity index (χ4n) is 1.01. The van der Waals surface area contributed by atoms with Gasteiger partial charge in [0.15, 0.2) is 0 Å². The predicted octanol–water partition coefficient (Wildman–Crippen LogP) is 1.39. The third-order valence-corrected chi connectivity index (χ3v) is 2.15. The number of aromatic nitrogens is 2. The van der Waals surface area contributed by atoms with Gasteiger partial charge in [-0.15, -0.1) is 0 Å². The van der Waals surface area contributed by atoms with Crippen LogP contribution in [0.15, 0.2) is 33.7 Å². The molecule has 0 aliphatic carbocycles. The first kappa shape index (κ1) is 6.67. The number of pyridine rings is 1. The number of fused-ring (bicyclic) bond motifs is 1. The molecule has 0 fully saturated rings. The molecule has 0 saturated carbocycles. The van der Waals surface area contributed by atoms with Gasteiger partial charge in [0, 0.05) is 16.7 Å². The molecule has 2 aromatic rings. The molecule has 0 amide bonds. The topological polar surface area (TPSA) is 37.3 Å². The first-order valence-electron chi connectivity index (χ1n) is 3.13. The minimum absolute atomic E-state index is 0.0862. The van der Waals surface area contributed by atoms with Crippen molar-refractivity contribution in [2.45, 2.75) is 0 Å². The van der Waals surface area contributed by atoms with E-state index in [1.54, 1.807) is 16.8 Å². The number of H-pyrrole nitrogens is 1. The summed E-state index contributed by atoms with van der Waals surface area (Å²) < 4.78 is 2.59. The molecule has 0 spiro atoms. The van der Waals surface area contributed by atoms with Crippen molar-refractivity contribution in [3.63, 3.8) is 0 Å². The molecule has 1 N–H and O–H groups in total. The van der Waals surface area contributed by atoms with Crippen LogP contribution in [0.1, 0.15) is 0 Å². The number of nitrogens with zero attached hydrogens (tertiary/aromatic N) is 1. The van der Waals surface area contributed by atoms with Crippen molar-refractivity contribution < 1.29 is 0 Å². The Morgan fingerprint density at radius 1 is 1.55 bits per heavy atom. The highest BCUT2D eigenvalue weighted by molar-refractivity contribution is 9.10. The molecule has 11 heavy (non-hydrogen) atoms. The molecule has 0 radical (unpaired) electrons. The van der Waals surface area contributed by atoms with E-state index in [9.17, 15) is 4.79 Å². The fraction of sp³-hybridized carbons (Fsp3) is 0. The lowest BCUT2D eigenvalue weighted by Crippen LogP contribution is -1.97. The van der Waals surface area contributed by atoms with E-state index in [1.807, 2.05) is 12.1 Å². The molecular weight excluding hydrogens is 208 g/mol. The normalized spacial score (nSPS) is 10.6. The van der Waals surface area contributed by atoms with Crippen molar-refractivity contribution in [3.05, 3.63) is 39.2 Å². The lowest BCUT2D eigenvalue weighted by atomic mass is 10.4. The molecule has 0 aliphatic rings. The van der Waals surface area contributed by atoms with Gasteiger partial charge in [-0.05, 0) is 28.1 Å². The minimum Gasteiger partial charge on any atom is -0.268 e. The van der Waals surface area contributed by atoms with Gasteiger partial charge in [0.1, 0.15) is 0 Å². The highest BCUT2D eigenvalue weighted by Gasteiger charge is 1.97. The quantitative estimate of drug-likeness (QED) is 0.705. The molecule has 3 nitrogen and oxygen atoms in total. The van der Waals surface area contributed by atoms with Crippen molar-refractivity contribution in [1.82, 2.24) is 9.61 Å². The van der Waals surface area contributed by atoms with Crippen LogP contribution < -0.4 is 5.56 Å². The van der Waals surface area contributed by atoms with E-state index < -0.39 is 0 Å². The van der Waals surface area contributed by atoms with Crippen LogP contribution in [-0.4, -0.2) is 9.61 Å². The summed E-state index contributed by atoms with van der Waals surface area (Å²) >= 11 is 3.33. The van der Waals surface area contributed by atoms with Gasteiger partial charge in [-0.1, -0.05) is 0 Å². The Balaban J connectivity index is 3.01. The maximum absolute atomic E-state index is 10.8. The Hall–Kier alpha value is -1.03. The zero-order valence-corrected chi connectivity index (χ0v) is 7.13. The van der Waals surface area contributed by atoms with Crippen LogP contribution in [0.4, 0.5) is 0 Å². The zero-order valence-electron chi connectivity index (χ0n) is 5.54. The molecule has 0 bridgehead atoms. The minimum atomic E-state index is -0.0862. The first-order valence-corrected chi connectivity index (χ1v) is 3.92. The van der Waals surface area contributed by atoms with Crippen LogP contribution in [0, 0.1) is 0 Å². The highest BCUT2D eigenvalue weighted by Crippen LogP contribution is 2.14. The van der Waals surface area contributed by atoms with Crippen LogP contribution >= 0.6 is 15.9 Å². The number of nitrogens with one attached hydrogen (secondary N) is 1. The number of rotatable bonds is 0. The van der Waals surface area contributed by atoms with E-state index in [0.717, 1.165) is 9.99 Å². The van der Waals surface area contributed by atoms with Crippen LogP contribution in [0.2, 0.25) is 0 Å². The van der Waals surface area contributed by atoms with Crippen molar-refractivity contribution in [2.24, 2.45) is 0 Å². The van der Waals surface area contributed by atoms with Gasteiger partial charge in [-0.2, -0.15) is 0 Å². The van der Waals surface area contributed by atoms with E-state index in [1.165, 1.54) is 0 Å². The van der Waals surface area contributed by atoms with E-state index in [2.05, 4.69) is 21.0 Å². The summed E-state index contributed by atoms with van der Waals surface area (Å²) in [6.07, 6.45) is 1.79. The molecule has 0 aliphatic heterocycles. The van der Waals surface area contributed by atoms with E-state index >= 15 is 0 Å². The van der Waals surface area contributed by atoms with Gasteiger partial charge < -0.3 is 0 Å². The fourth-order valence-corrected chi connectivity index (χ4v) is 1.46. The number of halogens is 1. The number of hydrogen-bond donors (Lipinski definition) is 1. The summed E-state index contributed by atoms with van der Waals surface area (Å²) in [6.45, 7) is 0. The molecule has 0 aromatic carbocycles. The molecule has 2 rings (SSSR count). The van der Waals surface area contributed by atoms with Crippen LogP contribution in [-0.2, 0) is 0 Å². The lowest BCUT2D eigenvalue weighted by Gasteiger charge is -1.93. The molecule has 2 aromatic heterocycles. The van der Waals surface area contributed by atoms with Gasteiger partial charge in [0.2, 0.25) is 0 Å². The van der Waals surface area contributed by atoms with Crippen molar-refractivity contribution in [3.8, 4) is 0 Å². The smallest absolute Gasteiger partial charge is 0.265 e. The largest absolute Gasteiger partial charge is 0.268 e. The Bertz CT molecular complexity index is 443.